The lowest BCUT2D eigenvalue weighted by Crippen LogP contribution is -2.46. The third-order valence-electron chi connectivity index (χ3n) is 4.68. The summed E-state index contributed by atoms with van der Waals surface area (Å²) < 4.78 is 5.18. The van der Waals surface area contributed by atoms with E-state index < -0.39 is 18.1 Å². The third-order valence-corrected chi connectivity index (χ3v) is 4.68. The molecule has 2 rings (SSSR count). The van der Waals surface area contributed by atoms with E-state index in [-0.39, 0.29) is 11.5 Å². The number of benzene rings is 2. The molecule has 0 atom stereocenters. The van der Waals surface area contributed by atoms with Crippen molar-refractivity contribution in [2.45, 2.75) is 32.9 Å². The van der Waals surface area contributed by atoms with Crippen molar-refractivity contribution in [2.24, 2.45) is 0 Å². The van der Waals surface area contributed by atoms with Gasteiger partial charge in [0.25, 0.3) is 5.91 Å². The van der Waals surface area contributed by atoms with Crippen molar-refractivity contribution in [2.75, 3.05) is 25.6 Å². The molecule has 6 heteroatoms. The van der Waals surface area contributed by atoms with Crippen molar-refractivity contribution in [3.8, 4) is 6.07 Å². The van der Waals surface area contributed by atoms with Gasteiger partial charge in [-0.05, 0) is 50.1 Å². The highest BCUT2D eigenvalue weighted by Gasteiger charge is 2.27. The molecule has 0 aliphatic carbocycles. The number of ether oxygens (including phenoxy) is 1. The van der Waals surface area contributed by atoms with Crippen LogP contribution >= 0.6 is 0 Å². The molecule has 2 aromatic carbocycles. The summed E-state index contributed by atoms with van der Waals surface area (Å²) >= 11 is 0. The van der Waals surface area contributed by atoms with Gasteiger partial charge in [-0.25, -0.2) is 4.79 Å². The van der Waals surface area contributed by atoms with Crippen molar-refractivity contribution in [3.63, 3.8) is 0 Å². The molecule has 0 saturated carbocycles. The molecule has 0 radical (unpaired) electrons. The van der Waals surface area contributed by atoms with Crippen LogP contribution in [0.25, 0.3) is 6.08 Å². The highest BCUT2D eigenvalue weighted by molar-refractivity contribution is 5.98. The Morgan fingerprint density at radius 2 is 1.65 bits per heavy atom. The van der Waals surface area contributed by atoms with Crippen LogP contribution in [0.15, 0.2) is 60.2 Å². The number of hydrogen-bond acceptors (Lipinski definition) is 5. The average Bonchev–Trinajstić information content (AvgIpc) is 2.74. The van der Waals surface area contributed by atoms with Crippen LogP contribution in [0.3, 0.4) is 0 Å². The molecule has 0 saturated heterocycles. The lowest BCUT2D eigenvalue weighted by molar-refractivity contribution is -0.151. The maximum absolute atomic E-state index is 12.8. The van der Waals surface area contributed by atoms with E-state index in [0.29, 0.717) is 12.1 Å². The van der Waals surface area contributed by atoms with Gasteiger partial charge in [0, 0.05) is 31.9 Å². The fraction of sp³-hybridized carbons (Fsp3) is 0.320. The van der Waals surface area contributed by atoms with Crippen LogP contribution in [-0.2, 0) is 20.9 Å². The largest absolute Gasteiger partial charge is 0.451 e. The highest BCUT2D eigenvalue weighted by atomic mass is 16.5. The number of hydrogen-bond donors (Lipinski definition) is 0. The van der Waals surface area contributed by atoms with Crippen LogP contribution in [0.1, 0.15) is 31.9 Å². The first-order valence-electron chi connectivity index (χ1n) is 10.0. The van der Waals surface area contributed by atoms with Crippen LogP contribution in [0.4, 0.5) is 5.69 Å². The summed E-state index contributed by atoms with van der Waals surface area (Å²) in [5, 5.41) is 9.38. The first-order valence-corrected chi connectivity index (χ1v) is 10.0. The van der Waals surface area contributed by atoms with E-state index in [1.807, 2.05) is 100 Å². The number of esters is 1. The molecule has 0 aliphatic rings. The van der Waals surface area contributed by atoms with Gasteiger partial charge < -0.3 is 14.5 Å². The summed E-state index contributed by atoms with van der Waals surface area (Å²) in [4.78, 5) is 28.8. The van der Waals surface area contributed by atoms with Crippen molar-refractivity contribution in [1.29, 1.82) is 5.26 Å². The predicted molar refractivity (Wildman–Crippen MR) is 122 cm³/mol. The number of amides is 1. The minimum atomic E-state index is -0.818. The zero-order chi connectivity index (χ0) is 23.0. The third kappa shape index (κ3) is 7.00. The Kier molecular flexibility index (Phi) is 7.98. The van der Waals surface area contributed by atoms with Gasteiger partial charge in [0.15, 0.2) is 6.61 Å². The highest BCUT2D eigenvalue weighted by Crippen LogP contribution is 2.18. The summed E-state index contributed by atoms with van der Waals surface area (Å²) in [7, 11) is 3.86. The van der Waals surface area contributed by atoms with Gasteiger partial charge in [-0.3, -0.25) is 4.79 Å². The monoisotopic (exact) mass is 419 g/mol. The molecule has 1 amide bonds. The minimum Gasteiger partial charge on any atom is -0.451 e. The second-order valence-electron chi connectivity index (χ2n) is 8.37. The van der Waals surface area contributed by atoms with Crippen LogP contribution in [0.5, 0.6) is 0 Å². The summed E-state index contributed by atoms with van der Waals surface area (Å²) in [5.41, 5.74) is 2.07. The smallest absolute Gasteiger partial charge is 0.349 e. The number of nitriles is 1. The van der Waals surface area contributed by atoms with E-state index in [2.05, 4.69) is 0 Å². The summed E-state index contributed by atoms with van der Waals surface area (Å²) in [6.45, 7) is 5.75. The first-order chi connectivity index (χ1) is 14.6. The summed E-state index contributed by atoms with van der Waals surface area (Å²) in [6, 6.07) is 18.9. The van der Waals surface area contributed by atoms with E-state index in [1.165, 1.54) is 6.08 Å². The standard InChI is InChI=1S/C25H29N3O3/c1-25(2,3)28(17-20-9-7-6-8-10-20)23(29)18-31-24(30)21(16-26)15-19-11-13-22(14-12-19)27(4)5/h6-15H,17-18H2,1-5H3. The molecule has 0 bridgehead atoms. The van der Waals surface area contributed by atoms with Crippen molar-refractivity contribution in [1.82, 2.24) is 4.90 Å². The summed E-state index contributed by atoms with van der Waals surface area (Å²) in [5.74, 6) is -1.14. The number of nitrogens with zero attached hydrogens (tertiary/aromatic N) is 3. The number of rotatable bonds is 7. The van der Waals surface area contributed by atoms with Crippen LogP contribution < -0.4 is 4.90 Å². The first kappa shape index (κ1) is 23.7. The molecular formula is C25H29N3O3. The molecule has 0 fully saturated rings. The van der Waals surface area contributed by atoms with Gasteiger partial charge in [0.1, 0.15) is 11.6 Å². The molecule has 0 unspecified atom stereocenters. The maximum atomic E-state index is 12.8. The van der Waals surface area contributed by atoms with Crippen molar-refractivity contribution < 1.29 is 14.3 Å². The molecule has 0 N–H and O–H groups in total. The molecule has 2 aromatic rings. The van der Waals surface area contributed by atoms with Crippen LogP contribution in [-0.4, -0.2) is 43.0 Å². The van der Waals surface area contributed by atoms with Crippen LogP contribution in [0, 0.1) is 11.3 Å². The van der Waals surface area contributed by atoms with E-state index in [1.54, 1.807) is 4.90 Å². The zero-order valence-corrected chi connectivity index (χ0v) is 18.8. The summed E-state index contributed by atoms with van der Waals surface area (Å²) in [6.07, 6.45) is 1.46. The molecule has 0 heterocycles. The van der Waals surface area contributed by atoms with E-state index in [9.17, 15) is 14.9 Å². The Hall–Kier alpha value is -3.59. The van der Waals surface area contributed by atoms with E-state index in [4.69, 9.17) is 4.74 Å². The SMILES string of the molecule is CN(C)c1ccc(C=C(C#N)C(=O)OCC(=O)N(Cc2ccccc2)C(C)(C)C)cc1. The van der Waals surface area contributed by atoms with Crippen LogP contribution in [0.2, 0.25) is 0 Å². The zero-order valence-electron chi connectivity index (χ0n) is 18.8. The number of carbonyl (C=O) groups excluding carboxylic acids is 2. The lowest BCUT2D eigenvalue weighted by atomic mass is 10.0. The van der Waals surface area contributed by atoms with E-state index in [0.717, 1.165) is 11.3 Å². The second-order valence-corrected chi connectivity index (χ2v) is 8.37. The van der Waals surface area contributed by atoms with Gasteiger partial charge in [-0.1, -0.05) is 42.5 Å². The van der Waals surface area contributed by atoms with Gasteiger partial charge in [0.05, 0.1) is 0 Å². The predicted octanol–water partition coefficient (Wildman–Crippen LogP) is 4.03. The normalized spacial score (nSPS) is 11.4. The number of carbonyl (C=O) groups is 2. The van der Waals surface area contributed by atoms with Gasteiger partial charge in [-0.15, -0.1) is 0 Å². The Morgan fingerprint density at radius 3 is 2.16 bits per heavy atom. The van der Waals surface area contributed by atoms with Gasteiger partial charge >= 0.3 is 5.97 Å². The molecule has 0 spiro atoms. The molecule has 6 nitrogen and oxygen atoms in total. The van der Waals surface area contributed by atoms with Gasteiger partial charge in [0.2, 0.25) is 0 Å². The average molecular weight is 420 g/mol. The Balaban J connectivity index is 2.07. The topological polar surface area (TPSA) is 73.6 Å². The fourth-order valence-corrected chi connectivity index (χ4v) is 2.92. The number of anilines is 1. The lowest BCUT2D eigenvalue weighted by Gasteiger charge is -2.35. The van der Waals surface area contributed by atoms with E-state index >= 15 is 0 Å². The van der Waals surface area contributed by atoms with Crippen molar-refractivity contribution in [3.05, 3.63) is 71.3 Å². The van der Waals surface area contributed by atoms with Crippen molar-refractivity contribution >= 4 is 23.6 Å². The quantitative estimate of drug-likeness (QED) is 0.385. The fourth-order valence-electron chi connectivity index (χ4n) is 2.92. The molecule has 162 valence electrons. The molecule has 0 aliphatic heterocycles. The molecular weight excluding hydrogens is 390 g/mol. The minimum absolute atomic E-state index is 0.157. The Labute approximate surface area is 184 Å². The Bertz CT molecular complexity index is 966. The maximum Gasteiger partial charge on any atom is 0.349 e. The Morgan fingerprint density at radius 1 is 1.03 bits per heavy atom. The molecule has 0 aromatic heterocycles. The van der Waals surface area contributed by atoms with Gasteiger partial charge in [-0.2, -0.15) is 5.26 Å². The second kappa shape index (κ2) is 10.4. The molecule has 31 heavy (non-hydrogen) atoms.